The SMILES string of the molecule is CS(=O)(=O)N(CC1CNOC1)c1cc2oc(-c3ccc(F)cc3)c(C(N)=O)c2cc1C1CC1. The zero-order valence-corrected chi connectivity index (χ0v) is 18.8. The number of fused-ring (bicyclic) bond motifs is 1. The third kappa shape index (κ3) is 4.21. The zero-order chi connectivity index (χ0) is 23.3. The number of carbonyl (C=O) groups excluding carboxylic acids is 1. The summed E-state index contributed by atoms with van der Waals surface area (Å²) in [5.41, 5.74) is 10.9. The van der Waals surface area contributed by atoms with Crippen LogP contribution in [-0.2, 0) is 14.9 Å². The van der Waals surface area contributed by atoms with E-state index in [4.69, 9.17) is 15.0 Å². The fraction of sp³-hybridized carbons (Fsp3) is 0.348. The lowest BCUT2D eigenvalue weighted by atomic mass is 10.00. The molecule has 0 spiro atoms. The number of hydroxylamine groups is 1. The van der Waals surface area contributed by atoms with Crippen molar-refractivity contribution in [3.63, 3.8) is 0 Å². The van der Waals surface area contributed by atoms with Crippen LogP contribution >= 0.6 is 0 Å². The molecule has 2 heterocycles. The number of nitrogens with two attached hydrogens (primary N) is 1. The van der Waals surface area contributed by atoms with Gasteiger partial charge in [-0.05, 0) is 54.7 Å². The quantitative estimate of drug-likeness (QED) is 0.545. The Bertz CT molecular complexity index is 1330. The van der Waals surface area contributed by atoms with Crippen molar-refractivity contribution in [2.75, 3.05) is 30.3 Å². The van der Waals surface area contributed by atoms with Gasteiger partial charge in [-0.25, -0.2) is 18.3 Å². The average molecular weight is 474 g/mol. The Kier molecular flexibility index (Phi) is 5.38. The number of benzene rings is 2. The Balaban J connectivity index is 1.70. The fourth-order valence-corrected chi connectivity index (χ4v) is 5.31. The number of amides is 1. The summed E-state index contributed by atoms with van der Waals surface area (Å²) in [7, 11) is -3.60. The first-order chi connectivity index (χ1) is 15.7. The molecule has 2 aliphatic rings. The molecule has 5 rings (SSSR count). The number of anilines is 1. The largest absolute Gasteiger partial charge is 0.455 e. The van der Waals surface area contributed by atoms with E-state index in [0.29, 0.717) is 35.4 Å². The fourth-order valence-electron chi connectivity index (χ4n) is 4.31. The smallest absolute Gasteiger partial charge is 0.253 e. The minimum atomic E-state index is -3.60. The molecule has 1 saturated heterocycles. The van der Waals surface area contributed by atoms with E-state index < -0.39 is 21.7 Å². The van der Waals surface area contributed by atoms with Gasteiger partial charge in [0.15, 0.2) is 0 Å². The lowest BCUT2D eigenvalue weighted by Crippen LogP contribution is -2.36. The molecule has 8 nitrogen and oxygen atoms in total. The molecular weight excluding hydrogens is 449 g/mol. The van der Waals surface area contributed by atoms with Crippen molar-refractivity contribution in [2.45, 2.75) is 18.8 Å². The van der Waals surface area contributed by atoms with E-state index in [-0.39, 0.29) is 29.7 Å². The third-order valence-electron chi connectivity index (χ3n) is 6.09. The van der Waals surface area contributed by atoms with Crippen molar-refractivity contribution in [2.24, 2.45) is 11.7 Å². The van der Waals surface area contributed by atoms with E-state index in [1.165, 1.54) is 34.8 Å². The topological polar surface area (TPSA) is 115 Å². The number of furan rings is 1. The first-order valence-electron chi connectivity index (χ1n) is 10.7. The van der Waals surface area contributed by atoms with Crippen LogP contribution < -0.4 is 15.5 Å². The molecule has 0 bridgehead atoms. The van der Waals surface area contributed by atoms with Crippen molar-refractivity contribution in [1.82, 2.24) is 5.48 Å². The number of hydrogen-bond donors (Lipinski definition) is 2. The van der Waals surface area contributed by atoms with Gasteiger partial charge >= 0.3 is 0 Å². The maximum Gasteiger partial charge on any atom is 0.253 e. The van der Waals surface area contributed by atoms with E-state index in [0.717, 1.165) is 18.4 Å². The van der Waals surface area contributed by atoms with Gasteiger partial charge in [-0.15, -0.1) is 0 Å². The van der Waals surface area contributed by atoms with Gasteiger partial charge in [0.25, 0.3) is 5.91 Å². The summed E-state index contributed by atoms with van der Waals surface area (Å²) in [5, 5.41) is 0.520. The molecule has 1 atom stereocenters. The summed E-state index contributed by atoms with van der Waals surface area (Å²) in [6.45, 7) is 1.22. The second-order valence-corrected chi connectivity index (χ2v) is 10.6. The lowest BCUT2D eigenvalue weighted by Gasteiger charge is -2.27. The predicted octanol–water partition coefficient (Wildman–Crippen LogP) is 3.13. The molecule has 3 N–H and O–H groups in total. The van der Waals surface area contributed by atoms with Gasteiger partial charge < -0.3 is 15.0 Å². The van der Waals surface area contributed by atoms with Crippen molar-refractivity contribution in [3.8, 4) is 11.3 Å². The zero-order valence-electron chi connectivity index (χ0n) is 18.0. The predicted molar refractivity (Wildman–Crippen MR) is 122 cm³/mol. The van der Waals surface area contributed by atoms with Gasteiger partial charge in [-0.3, -0.25) is 9.10 Å². The van der Waals surface area contributed by atoms with Crippen LogP contribution in [0.15, 0.2) is 40.8 Å². The van der Waals surface area contributed by atoms with Crippen LogP contribution in [0.5, 0.6) is 0 Å². The highest BCUT2D eigenvalue weighted by molar-refractivity contribution is 7.92. The van der Waals surface area contributed by atoms with Gasteiger partial charge in [0.05, 0.1) is 24.1 Å². The Morgan fingerprint density at radius 3 is 2.55 bits per heavy atom. The molecule has 1 saturated carbocycles. The van der Waals surface area contributed by atoms with Crippen molar-refractivity contribution in [3.05, 3.63) is 53.3 Å². The van der Waals surface area contributed by atoms with Gasteiger partial charge in [0.2, 0.25) is 10.0 Å². The standard InChI is InChI=1S/C23H24FN3O5S/c1-33(29,30)27(11-13-10-26-31-12-13)19-9-20-18(8-17(19)14-2-3-14)21(23(25)28)22(32-20)15-4-6-16(24)7-5-15/h4-9,13-14,26H,2-3,10-12H2,1H3,(H2,25,28). The van der Waals surface area contributed by atoms with Crippen LogP contribution in [0.25, 0.3) is 22.3 Å². The van der Waals surface area contributed by atoms with Gasteiger partial charge in [-0.1, -0.05) is 0 Å². The lowest BCUT2D eigenvalue weighted by molar-refractivity contribution is 0.0976. The number of nitrogens with one attached hydrogen (secondary N) is 1. The molecule has 1 aromatic heterocycles. The number of carbonyl (C=O) groups is 1. The van der Waals surface area contributed by atoms with Crippen LogP contribution in [0, 0.1) is 11.7 Å². The molecule has 3 aromatic rings. The van der Waals surface area contributed by atoms with Gasteiger partial charge in [0.1, 0.15) is 17.2 Å². The first kappa shape index (κ1) is 21.9. The van der Waals surface area contributed by atoms with Gasteiger partial charge in [-0.2, -0.15) is 0 Å². The molecule has 1 amide bonds. The van der Waals surface area contributed by atoms with Crippen LogP contribution in [0.4, 0.5) is 10.1 Å². The van der Waals surface area contributed by atoms with Crippen LogP contribution in [0.1, 0.15) is 34.7 Å². The molecule has 2 aromatic carbocycles. The maximum atomic E-state index is 13.4. The summed E-state index contributed by atoms with van der Waals surface area (Å²) < 4.78 is 46.5. The van der Waals surface area contributed by atoms with Gasteiger partial charge in [0, 0.05) is 36.0 Å². The Labute approximate surface area is 190 Å². The monoisotopic (exact) mass is 473 g/mol. The van der Waals surface area contributed by atoms with Crippen molar-refractivity contribution >= 4 is 32.6 Å². The molecule has 33 heavy (non-hydrogen) atoms. The normalized spacial score (nSPS) is 18.7. The second kappa shape index (κ2) is 8.12. The third-order valence-corrected chi connectivity index (χ3v) is 7.24. The molecule has 2 fully saturated rings. The number of halogens is 1. The van der Waals surface area contributed by atoms with Crippen LogP contribution in [0.2, 0.25) is 0 Å². The maximum absolute atomic E-state index is 13.4. The number of nitrogens with zero attached hydrogens (tertiary/aromatic N) is 1. The van der Waals surface area contributed by atoms with E-state index in [9.17, 15) is 17.6 Å². The Hall–Kier alpha value is -2.95. The van der Waals surface area contributed by atoms with Crippen molar-refractivity contribution in [1.29, 1.82) is 0 Å². The summed E-state index contributed by atoms with van der Waals surface area (Å²) in [5.74, 6) is -0.665. The van der Waals surface area contributed by atoms with Crippen molar-refractivity contribution < 1.29 is 26.9 Å². The summed E-state index contributed by atoms with van der Waals surface area (Å²) in [6, 6.07) is 9.07. The summed E-state index contributed by atoms with van der Waals surface area (Å²) >= 11 is 0. The minimum absolute atomic E-state index is 0.00460. The van der Waals surface area contributed by atoms with E-state index in [1.807, 2.05) is 6.07 Å². The van der Waals surface area contributed by atoms with E-state index >= 15 is 0 Å². The molecule has 10 heteroatoms. The van der Waals surface area contributed by atoms with E-state index in [2.05, 4.69) is 5.48 Å². The average Bonchev–Trinajstić information content (AvgIpc) is 3.33. The number of rotatable bonds is 7. The number of sulfonamides is 1. The molecule has 174 valence electrons. The molecular formula is C23H24FN3O5S. The number of primary amides is 1. The first-order valence-corrected chi connectivity index (χ1v) is 12.6. The minimum Gasteiger partial charge on any atom is -0.455 e. The molecule has 1 aliphatic heterocycles. The molecule has 0 radical (unpaired) electrons. The summed E-state index contributed by atoms with van der Waals surface area (Å²) in [6.07, 6.45) is 3.04. The van der Waals surface area contributed by atoms with E-state index in [1.54, 1.807) is 6.07 Å². The highest BCUT2D eigenvalue weighted by atomic mass is 32.2. The Morgan fingerprint density at radius 1 is 1.24 bits per heavy atom. The number of hydrogen-bond acceptors (Lipinski definition) is 6. The molecule has 1 aliphatic carbocycles. The van der Waals surface area contributed by atoms with Crippen LogP contribution in [-0.4, -0.2) is 40.3 Å². The highest BCUT2D eigenvalue weighted by Gasteiger charge is 2.34. The second-order valence-electron chi connectivity index (χ2n) is 8.68. The van der Waals surface area contributed by atoms with Crippen LogP contribution in [0.3, 0.4) is 0 Å². The Morgan fingerprint density at radius 2 is 1.97 bits per heavy atom. The molecule has 1 unspecified atom stereocenters. The summed E-state index contributed by atoms with van der Waals surface area (Å²) in [4.78, 5) is 17.6. The highest BCUT2D eigenvalue weighted by Crippen LogP contribution is 2.48.